The molecule has 0 radical (unpaired) electrons. The molecule has 0 unspecified atom stereocenters. The quantitative estimate of drug-likeness (QED) is 0.123. The summed E-state index contributed by atoms with van der Waals surface area (Å²) in [7, 11) is 0. The zero-order valence-corrected chi connectivity index (χ0v) is 21.4. The van der Waals surface area contributed by atoms with Crippen LogP contribution in [0, 0.1) is 15.9 Å². The lowest BCUT2D eigenvalue weighted by Gasteiger charge is -2.28. The minimum atomic E-state index is -6.71. The number of aromatic nitrogens is 5. The molecule has 1 aromatic carbocycles. The predicted octanol–water partition coefficient (Wildman–Crippen LogP) is 3.72. The van der Waals surface area contributed by atoms with Gasteiger partial charge in [-0.2, -0.15) is 30.7 Å². The van der Waals surface area contributed by atoms with Crippen LogP contribution in [0.1, 0.15) is 22.3 Å². The Balaban J connectivity index is 2.13. The maximum Gasteiger partial charge on any atom is 0.460 e. The lowest BCUT2D eigenvalue weighted by atomic mass is 10.0. The molecule has 3 N–H and O–H groups in total. The Hall–Kier alpha value is -3.98. The van der Waals surface area contributed by atoms with Crippen LogP contribution < -0.4 is 5.73 Å². The second-order valence-electron chi connectivity index (χ2n) is 8.17. The summed E-state index contributed by atoms with van der Waals surface area (Å²) in [5.74, 6) is -15.7. The number of pyridine rings is 1. The van der Waals surface area contributed by atoms with E-state index in [4.69, 9.17) is 15.6 Å². The van der Waals surface area contributed by atoms with Crippen molar-refractivity contribution in [2.24, 2.45) is 5.73 Å². The van der Waals surface area contributed by atoms with E-state index in [9.17, 15) is 45.6 Å². The largest absolute Gasteiger partial charge is 0.460 e. The topological polar surface area (TPSA) is 172 Å². The molecule has 12 nitrogen and oxygen atoms in total. The van der Waals surface area contributed by atoms with E-state index in [0.717, 1.165) is 0 Å². The number of hydrogen-bond donors (Lipinski definition) is 2. The fourth-order valence-electron chi connectivity index (χ4n) is 3.34. The van der Waals surface area contributed by atoms with E-state index in [2.05, 4.69) is 20.5 Å². The molecule has 0 saturated carbocycles. The number of nitrogens with zero attached hydrogens (tertiary/aromatic N) is 6. The van der Waals surface area contributed by atoms with Gasteiger partial charge in [0.15, 0.2) is 0 Å². The second kappa shape index (κ2) is 12.5. The molecule has 3 rings (SSSR count). The molecule has 42 heavy (non-hydrogen) atoms. The number of rotatable bonds is 13. The number of ether oxygens (including phenoxy) is 1. The van der Waals surface area contributed by atoms with Crippen molar-refractivity contribution in [2.75, 3.05) is 19.8 Å². The molecule has 1 amide bonds. The lowest BCUT2D eigenvalue weighted by Crippen LogP contribution is -2.50. The number of alkyl halides is 7. The minimum Gasteiger partial charge on any atom is -0.394 e. The predicted molar refractivity (Wildman–Crippen MR) is 124 cm³/mol. The van der Waals surface area contributed by atoms with E-state index in [-0.39, 0.29) is 48.7 Å². The average Bonchev–Trinajstić information content (AvgIpc) is 3.34. The smallest absolute Gasteiger partial charge is 0.394 e. The minimum absolute atomic E-state index is 0.0580. The standard InChI is InChI=1S/C21H17F8N7O5S/c22-14-6-10(19(23,24)20(25,26)21(27,28)29)9-31-15(14)12-7-11(36(39)40)8-13(17(30)38)16(12)42-18-32-33-34-35(18)2-1-4-41-5-3-37/h6-9,37H,1-5H2,(H2,30,38). The first-order valence-electron chi connectivity index (χ1n) is 11.3. The summed E-state index contributed by atoms with van der Waals surface area (Å²) in [5, 5.41) is 31.1. The highest BCUT2D eigenvalue weighted by molar-refractivity contribution is 7.99. The van der Waals surface area contributed by atoms with Gasteiger partial charge in [0.25, 0.3) is 5.69 Å². The molecule has 0 atom stereocenters. The van der Waals surface area contributed by atoms with Crippen LogP contribution in [0.4, 0.5) is 40.8 Å². The number of carbonyl (C=O) groups excluding carboxylic acids is 1. The van der Waals surface area contributed by atoms with Crippen molar-refractivity contribution in [1.82, 2.24) is 25.2 Å². The third kappa shape index (κ3) is 6.57. The number of nitrogens with two attached hydrogens (primary N) is 1. The van der Waals surface area contributed by atoms with Gasteiger partial charge in [0.2, 0.25) is 11.1 Å². The Morgan fingerprint density at radius 2 is 1.83 bits per heavy atom. The number of aliphatic hydroxyl groups is 1. The van der Waals surface area contributed by atoms with E-state index >= 15 is 4.39 Å². The summed E-state index contributed by atoms with van der Waals surface area (Å²) in [6.07, 6.45) is -6.56. The van der Waals surface area contributed by atoms with E-state index in [1.54, 1.807) is 0 Å². The summed E-state index contributed by atoms with van der Waals surface area (Å²) >= 11 is 0.511. The molecule has 21 heteroatoms. The third-order valence-electron chi connectivity index (χ3n) is 5.35. The van der Waals surface area contributed by atoms with Gasteiger partial charge in [0.05, 0.1) is 23.7 Å². The van der Waals surface area contributed by atoms with Crippen molar-refractivity contribution in [3.8, 4) is 11.3 Å². The molecule has 2 heterocycles. The Morgan fingerprint density at radius 3 is 2.40 bits per heavy atom. The first-order chi connectivity index (χ1) is 19.5. The highest BCUT2D eigenvalue weighted by Gasteiger charge is 2.73. The maximum absolute atomic E-state index is 15.1. The maximum atomic E-state index is 15.1. The van der Waals surface area contributed by atoms with Gasteiger partial charge in [0.1, 0.15) is 11.5 Å². The first kappa shape index (κ1) is 32.5. The van der Waals surface area contributed by atoms with Crippen molar-refractivity contribution in [1.29, 1.82) is 0 Å². The van der Waals surface area contributed by atoms with Crippen LogP contribution in [-0.2, 0) is 17.2 Å². The van der Waals surface area contributed by atoms with Crippen molar-refractivity contribution in [3.63, 3.8) is 0 Å². The summed E-state index contributed by atoms with van der Waals surface area (Å²) in [6.45, 7) is 0.0966. The van der Waals surface area contributed by atoms with Gasteiger partial charge < -0.3 is 15.6 Å². The summed E-state index contributed by atoms with van der Waals surface area (Å²) in [6, 6.07) is 1.02. The third-order valence-corrected chi connectivity index (χ3v) is 6.46. The average molecular weight is 631 g/mol. The number of amides is 1. The van der Waals surface area contributed by atoms with E-state index < -0.39 is 62.7 Å². The Labute approximate surface area is 233 Å². The molecule has 3 aromatic rings. The van der Waals surface area contributed by atoms with E-state index in [1.807, 2.05) is 0 Å². The Kier molecular flexibility index (Phi) is 9.67. The zero-order chi connectivity index (χ0) is 31.5. The van der Waals surface area contributed by atoms with Gasteiger partial charge in [-0.3, -0.25) is 19.9 Å². The fraction of sp³-hybridized carbons (Fsp3) is 0.381. The molecule has 0 aliphatic heterocycles. The number of nitro benzene ring substituents is 1. The Morgan fingerprint density at radius 1 is 1.14 bits per heavy atom. The highest BCUT2D eigenvalue weighted by atomic mass is 32.2. The molecular weight excluding hydrogens is 614 g/mol. The number of aliphatic hydroxyl groups excluding tert-OH is 1. The number of hydrogen-bond acceptors (Lipinski definition) is 10. The molecular formula is C21H17F8N7O5S. The van der Waals surface area contributed by atoms with Crippen molar-refractivity contribution >= 4 is 23.4 Å². The Bertz CT molecular complexity index is 1470. The number of carbonyl (C=O) groups is 1. The van der Waals surface area contributed by atoms with E-state index in [1.165, 1.54) is 4.68 Å². The number of aryl methyl sites for hydroxylation is 1. The number of non-ortho nitro benzene ring substituents is 1. The monoisotopic (exact) mass is 631 g/mol. The van der Waals surface area contributed by atoms with Crippen molar-refractivity contribution in [2.45, 2.75) is 41.0 Å². The van der Waals surface area contributed by atoms with Crippen molar-refractivity contribution in [3.05, 3.63) is 51.5 Å². The summed E-state index contributed by atoms with van der Waals surface area (Å²) < 4.78 is 115. The number of primary amides is 1. The van der Waals surface area contributed by atoms with Gasteiger partial charge in [-0.25, -0.2) is 9.07 Å². The van der Waals surface area contributed by atoms with Gasteiger partial charge in [0, 0.05) is 47.5 Å². The SMILES string of the molecule is NC(=O)c1cc([N+](=O)[O-])cc(-c2ncc(C(F)(F)C(F)(F)C(F)(F)F)cc2F)c1Sc1nnnn1CCCOCCO. The molecule has 2 aromatic heterocycles. The zero-order valence-electron chi connectivity index (χ0n) is 20.6. The molecule has 0 aliphatic rings. The van der Waals surface area contributed by atoms with Crippen LogP contribution in [0.15, 0.2) is 34.4 Å². The molecule has 0 saturated heterocycles. The molecule has 0 spiro atoms. The molecule has 0 bridgehead atoms. The summed E-state index contributed by atoms with van der Waals surface area (Å²) in [4.78, 5) is 25.6. The van der Waals surface area contributed by atoms with Gasteiger partial charge in [-0.15, -0.1) is 5.10 Å². The van der Waals surface area contributed by atoms with Crippen molar-refractivity contribution < 1.29 is 54.7 Å². The van der Waals surface area contributed by atoms with Crippen LogP contribution in [0.25, 0.3) is 11.3 Å². The van der Waals surface area contributed by atoms with Crippen LogP contribution in [-0.4, -0.2) is 73.0 Å². The number of tetrazole rings is 1. The fourth-order valence-corrected chi connectivity index (χ4v) is 4.37. The molecule has 0 fully saturated rings. The first-order valence-corrected chi connectivity index (χ1v) is 12.1. The number of halogens is 8. The van der Waals surface area contributed by atoms with E-state index in [0.29, 0.717) is 30.3 Å². The van der Waals surface area contributed by atoms with Crippen LogP contribution in [0.2, 0.25) is 0 Å². The van der Waals surface area contributed by atoms with Crippen LogP contribution >= 0.6 is 11.8 Å². The van der Waals surface area contributed by atoms with Crippen LogP contribution in [0.3, 0.4) is 0 Å². The van der Waals surface area contributed by atoms with Gasteiger partial charge >= 0.3 is 18.0 Å². The molecule has 0 aliphatic carbocycles. The highest BCUT2D eigenvalue weighted by Crippen LogP contribution is 2.52. The summed E-state index contributed by atoms with van der Waals surface area (Å²) in [5.41, 5.74) is 0.0755. The second-order valence-corrected chi connectivity index (χ2v) is 9.15. The number of nitro groups is 1. The number of benzene rings is 1. The molecule has 228 valence electrons. The van der Waals surface area contributed by atoms with Crippen LogP contribution in [0.5, 0.6) is 0 Å². The van der Waals surface area contributed by atoms with Gasteiger partial charge in [-0.05, 0) is 34.7 Å². The van der Waals surface area contributed by atoms with Gasteiger partial charge in [-0.1, -0.05) is 0 Å². The lowest BCUT2D eigenvalue weighted by molar-refractivity contribution is -0.384. The normalized spacial score (nSPS) is 12.5.